The number of hydrogen-bond donors (Lipinski definition) is 1. The minimum atomic E-state index is 0.135. The molecule has 5 nitrogen and oxygen atoms in total. The standard InChI is InChI=1S/C15H15BrN2O3/c1-6-3-8-12(10-5-11(17)18-21-10)14-9(4-7(2)19-14)13(16)15(8)20-6/h5-7H,3-4H2,1-2H3,(H2,17,18). The van der Waals surface area contributed by atoms with Crippen molar-refractivity contribution in [2.75, 3.05) is 5.73 Å². The van der Waals surface area contributed by atoms with Crippen LogP contribution in [0.25, 0.3) is 11.3 Å². The summed E-state index contributed by atoms with van der Waals surface area (Å²) in [7, 11) is 0. The molecule has 0 saturated heterocycles. The van der Waals surface area contributed by atoms with Crippen LogP contribution >= 0.6 is 15.9 Å². The highest BCUT2D eigenvalue weighted by Crippen LogP contribution is 2.52. The van der Waals surface area contributed by atoms with Crippen molar-refractivity contribution in [1.82, 2.24) is 5.16 Å². The molecule has 2 aliphatic rings. The third kappa shape index (κ3) is 1.85. The summed E-state index contributed by atoms with van der Waals surface area (Å²) in [5.74, 6) is 2.76. The number of aromatic nitrogens is 1. The van der Waals surface area contributed by atoms with Crippen LogP contribution in [0.15, 0.2) is 15.1 Å². The highest BCUT2D eigenvalue weighted by molar-refractivity contribution is 9.10. The van der Waals surface area contributed by atoms with Crippen LogP contribution < -0.4 is 15.2 Å². The first-order valence-electron chi connectivity index (χ1n) is 6.97. The Morgan fingerprint density at radius 2 is 1.81 bits per heavy atom. The maximum atomic E-state index is 6.03. The van der Waals surface area contributed by atoms with Crippen LogP contribution in [-0.2, 0) is 12.8 Å². The van der Waals surface area contributed by atoms with Crippen LogP contribution in [0.3, 0.4) is 0 Å². The van der Waals surface area contributed by atoms with Crippen LogP contribution in [-0.4, -0.2) is 17.4 Å². The summed E-state index contributed by atoms with van der Waals surface area (Å²) in [5.41, 5.74) is 8.86. The number of rotatable bonds is 1. The lowest BCUT2D eigenvalue weighted by Crippen LogP contribution is -2.07. The van der Waals surface area contributed by atoms with Gasteiger partial charge in [0.25, 0.3) is 0 Å². The lowest BCUT2D eigenvalue weighted by molar-refractivity contribution is 0.252. The lowest BCUT2D eigenvalue weighted by atomic mass is 9.96. The van der Waals surface area contributed by atoms with Gasteiger partial charge in [-0.05, 0) is 29.8 Å². The number of anilines is 1. The van der Waals surface area contributed by atoms with E-state index in [-0.39, 0.29) is 12.2 Å². The second kappa shape index (κ2) is 4.40. The zero-order valence-corrected chi connectivity index (χ0v) is 13.4. The number of nitrogen functional groups attached to an aromatic ring is 1. The number of nitrogens with zero attached hydrogens (tertiary/aromatic N) is 1. The summed E-state index contributed by atoms with van der Waals surface area (Å²) < 4.78 is 18.4. The van der Waals surface area contributed by atoms with E-state index in [1.165, 1.54) is 0 Å². The average Bonchev–Trinajstić information content (AvgIpc) is 3.09. The second-order valence-corrected chi connectivity index (χ2v) is 6.48. The quantitative estimate of drug-likeness (QED) is 0.853. The Morgan fingerprint density at radius 3 is 2.48 bits per heavy atom. The van der Waals surface area contributed by atoms with E-state index in [1.807, 2.05) is 0 Å². The number of ether oxygens (including phenoxy) is 2. The van der Waals surface area contributed by atoms with Crippen LogP contribution in [0.1, 0.15) is 25.0 Å². The molecular weight excluding hydrogens is 336 g/mol. The molecule has 4 rings (SSSR count). The van der Waals surface area contributed by atoms with E-state index in [1.54, 1.807) is 6.07 Å². The molecule has 2 aromatic rings. The van der Waals surface area contributed by atoms with Gasteiger partial charge >= 0.3 is 0 Å². The first-order valence-corrected chi connectivity index (χ1v) is 7.77. The van der Waals surface area contributed by atoms with Gasteiger partial charge in [-0.25, -0.2) is 0 Å². The van der Waals surface area contributed by atoms with Gasteiger partial charge in [-0.15, -0.1) is 0 Å². The minimum Gasteiger partial charge on any atom is -0.489 e. The zero-order valence-electron chi connectivity index (χ0n) is 11.8. The van der Waals surface area contributed by atoms with Crippen LogP contribution in [0.2, 0.25) is 0 Å². The number of hydrogen-bond acceptors (Lipinski definition) is 5. The Kier molecular flexibility index (Phi) is 2.73. The van der Waals surface area contributed by atoms with Gasteiger partial charge in [-0.3, -0.25) is 0 Å². The third-order valence-electron chi connectivity index (χ3n) is 3.94. The molecule has 2 atom stereocenters. The van der Waals surface area contributed by atoms with Crippen molar-refractivity contribution in [2.24, 2.45) is 0 Å². The van der Waals surface area contributed by atoms with E-state index < -0.39 is 0 Å². The zero-order chi connectivity index (χ0) is 14.7. The molecular formula is C15H15BrN2O3. The van der Waals surface area contributed by atoms with E-state index in [2.05, 4.69) is 34.9 Å². The maximum Gasteiger partial charge on any atom is 0.173 e. The Hall–Kier alpha value is -1.69. The summed E-state index contributed by atoms with van der Waals surface area (Å²) in [6, 6.07) is 1.74. The predicted molar refractivity (Wildman–Crippen MR) is 81.6 cm³/mol. The normalized spacial score (nSPS) is 22.6. The van der Waals surface area contributed by atoms with E-state index >= 15 is 0 Å². The second-order valence-electron chi connectivity index (χ2n) is 5.69. The van der Waals surface area contributed by atoms with Crippen LogP contribution in [0.5, 0.6) is 11.5 Å². The van der Waals surface area contributed by atoms with Gasteiger partial charge in [0, 0.05) is 30.0 Å². The summed E-state index contributed by atoms with van der Waals surface area (Å²) >= 11 is 3.67. The largest absolute Gasteiger partial charge is 0.489 e. The summed E-state index contributed by atoms with van der Waals surface area (Å²) in [5, 5.41) is 3.80. The molecule has 2 aliphatic heterocycles. The molecule has 2 N–H and O–H groups in total. The molecule has 0 bridgehead atoms. The van der Waals surface area contributed by atoms with Gasteiger partial charge in [0.05, 0.1) is 10.0 Å². The molecule has 2 unspecified atom stereocenters. The minimum absolute atomic E-state index is 0.135. The molecule has 0 saturated carbocycles. The van der Waals surface area contributed by atoms with Gasteiger partial charge in [0.15, 0.2) is 11.6 Å². The van der Waals surface area contributed by atoms with Crippen molar-refractivity contribution in [3.8, 4) is 22.8 Å². The molecule has 0 fully saturated rings. The Bertz CT molecular complexity index is 702. The number of benzene rings is 1. The van der Waals surface area contributed by atoms with Crippen LogP contribution in [0, 0.1) is 0 Å². The lowest BCUT2D eigenvalue weighted by Gasteiger charge is -2.13. The van der Waals surface area contributed by atoms with E-state index in [4.69, 9.17) is 19.7 Å². The van der Waals surface area contributed by atoms with Crippen molar-refractivity contribution >= 4 is 21.7 Å². The Labute approximate surface area is 130 Å². The number of nitrogens with two attached hydrogens (primary N) is 1. The highest BCUT2D eigenvalue weighted by Gasteiger charge is 2.36. The molecule has 6 heteroatoms. The summed E-state index contributed by atoms with van der Waals surface area (Å²) in [6.07, 6.45) is 1.93. The van der Waals surface area contributed by atoms with Crippen molar-refractivity contribution in [1.29, 1.82) is 0 Å². The molecule has 110 valence electrons. The van der Waals surface area contributed by atoms with E-state index in [9.17, 15) is 0 Å². The van der Waals surface area contributed by atoms with E-state index in [0.29, 0.717) is 11.6 Å². The van der Waals surface area contributed by atoms with E-state index in [0.717, 1.165) is 45.5 Å². The predicted octanol–water partition coefficient (Wildman–Crippen LogP) is 3.33. The fourth-order valence-electron chi connectivity index (χ4n) is 3.13. The first-order chi connectivity index (χ1) is 10.0. The third-order valence-corrected chi connectivity index (χ3v) is 4.78. The molecule has 0 spiro atoms. The molecule has 1 aromatic carbocycles. The smallest absolute Gasteiger partial charge is 0.173 e. The molecule has 21 heavy (non-hydrogen) atoms. The SMILES string of the molecule is CC1Cc2c(c(Br)c3c(c2-c2cc(N)no2)OC(C)C3)O1. The van der Waals surface area contributed by atoms with Crippen molar-refractivity contribution in [3.05, 3.63) is 21.7 Å². The number of halogens is 1. The Morgan fingerprint density at radius 1 is 1.14 bits per heavy atom. The molecule has 0 amide bonds. The molecule has 0 radical (unpaired) electrons. The van der Waals surface area contributed by atoms with Gasteiger partial charge in [0.2, 0.25) is 0 Å². The first kappa shape index (κ1) is 13.0. The topological polar surface area (TPSA) is 70.5 Å². The molecule has 1 aromatic heterocycles. The van der Waals surface area contributed by atoms with Crippen LogP contribution in [0.4, 0.5) is 5.82 Å². The van der Waals surface area contributed by atoms with Gasteiger partial charge in [0.1, 0.15) is 23.7 Å². The average molecular weight is 351 g/mol. The van der Waals surface area contributed by atoms with Crippen molar-refractivity contribution in [3.63, 3.8) is 0 Å². The molecule has 3 heterocycles. The maximum absolute atomic E-state index is 6.03. The highest BCUT2D eigenvalue weighted by atomic mass is 79.9. The number of fused-ring (bicyclic) bond motifs is 2. The van der Waals surface area contributed by atoms with Gasteiger partial charge in [-0.1, -0.05) is 5.16 Å². The fraction of sp³-hybridized carbons (Fsp3) is 0.400. The van der Waals surface area contributed by atoms with Gasteiger partial charge in [-0.2, -0.15) is 0 Å². The monoisotopic (exact) mass is 350 g/mol. The Balaban J connectivity index is 2.02. The molecule has 0 aliphatic carbocycles. The van der Waals surface area contributed by atoms with Gasteiger partial charge < -0.3 is 19.7 Å². The summed E-state index contributed by atoms with van der Waals surface area (Å²) in [6.45, 7) is 4.11. The fourth-order valence-corrected chi connectivity index (χ4v) is 3.80. The van der Waals surface area contributed by atoms with Crippen molar-refractivity contribution < 1.29 is 14.0 Å². The summed E-state index contributed by atoms with van der Waals surface area (Å²) in [4.78, 5) is 0. The van der Waals surface area contributed by atoms with Crippen molar-refractivity contribution in [2.45, 2.75) is 38.9 Å².